The molecule has 4 heteroatoms. The molecule has 4 nitrogen and oxygen atoms in total. The van der Waals surface area contributed by atoms with E-state index >= 15 is 0 Å². The van der Waals surface area contributed by atoms with Gasteiger partial charge in [-0.15, -0.1) is 0 Å². The number of hydrogen-bond donors (Lipinski definition) is 1. The van der Waals surface area contributed by atoms with Gasteiger partial charge < -0.3 is 9.88 Å². The molecular formula is C15H20N4. The SMILES string of the molecule is CN1CCCC12CCN(c1ccnc3[nH]ccc13)C2. The van der Waals surface area contributed by atoms with Crippen molar-refractivity contribution >= 4 is 16.7 Å². The number of likely N-dealkylation sites (N-methyl/N-ethyl adjacent to an activating group) is 1. The molecule has 4 rings (SSSR count). The number of likely N-dealkylation sites (tertiary alicyclic amines) is 1. The zero-order valence-corrected chi connectivity index (χ0v) is 11.4. The van der Waals surface area contributed by atoms with Crippen molar-refractivity contribution in [3.63, 3.8) is 0 Å². The normalized spacial score (nSPS) is 27.9. The predicted octanol–water partition coefficient (Wildman–Crippen LogP) is 2.24. The van der Waals surface area contributed by atoms with Gasteiger partial charge in [0.1, 0.15) is 5.65 Å². The second-order valence-electron chi connectivity index (χ2n) is 5.99. The molecule has 0 aromatic carbocycles. The zero-order chi connectivity index (χ0) is 12.9. The lowest BCUT2D eigenvalue weighted by Crippen LogP contribution is -2.43. The summed E-state index contributed by atoms with van der Waals surface area (Å²) in [5.74, 6) is 0. The summed E-state index contributed by atoms with van der Waals surface area (Å²) < 4.78 is 0. The summed E-state index contributed by atoms with van der Waals surface area (Å²) in [5, 5.41) is 1.25. The van der Waals surface area contributed by atoms with E-state index in [1.54, 1.807) is 0 Å². The summed E-state index contributed by atoms with van der Waals surface area (Å²) in [6.07, 6.45) is 7.88. The molecule has 0 bridgehead atoms. The van der Waals surface area contributed by atoms with E-state index in [2.05, 4.69) is 38.9 Å². The van der Waals surface area contributed by atoms with Crippen LogP contribution < -0.4 is 4.90 Å². The average molecular weight is 256 g/mol. The number of rotatable bonds is 1. The maximum atomic E-state index is 4.38. The fraction of sp³-hybridized carbons (Fsp3) is 0.533. The van der Waals surface area contributed by atoms with Crippen LogP contribution in [0.15, 0.2) is 24.5 Å². The smallest absolute Gasteiger partial charge is 0.139 e. The van der Waals surface area contributed by atoms with Crippen LogP contribution in [0.3, 0.4) is 0 Å². The third-order valence-electron chi connectivity index (χ3n) is 5.06. The maximum absolute atomic E-state index is 4.38. The van der Waals surface area contributed by atoms with Crippen LogP contribution in [0.4, 0.5) is 5.69 Å². The van der Waals surface area contributed by atoms with Gasteiger partial charge in [0.2, 0.25) is 0 Å². The van der Waals surface area contributed by atoms with Gasteiger partial charge in [0, 0.05) is 42.1 Å². The Morgan fingerprint density at radius 3 is 3.05 bits per heavy atom. The van der Waals surface area contributed by atoms with Crippen molar-refractivity contribution in [1.29, 1.82) is 0 Å². The highest BCUT2D eigenvalue weighted by Gasteiger charge is 2.44. The Kier molecular flexibility index (Phi) is 2.36. The van der Waals surface area contributed by atoms with Crippen molar-refractivity contribution in [3.05, 3.63) is 24.5 Å². The van der Waals surface area contributed by atoms with Gasteiger partial charge in [0.05, 0.1) is 0 Å². The minimum atomic E-state index is 0.423. The molecule has 0 aliphatic carbocycles. The lowest BCUT2D eigenvalue weighted by Gasteiger charge is -2.32. The Morgan fingerprint density at radius 1 is 1.26 bits per heavy atom. The topological polar surface area (TPSA) is 35.2 Å². The lowest BCUT2D eigenvalue weighted by atomic mass is 9.96. The minimum absolute atomic E-state index is 0.423. The Labute approximate surface area is 113 Å². The van der Waals surface area contributed by atoms with E-state index in [0.717, 1.165) is 18.7 Å². The summed E-state index contributed by atoms with van der Waals surface area (Å²) in [6.45, 7) is 3.58. The first kappa shape index (κ1) is 11.3. The van der Waals surface area contributed by atoms with Crippen LogP contribution >= 0.6 is 0 Å². The lowest BCUT2D eigenvalue weighted by molar-refractivity contribution is 0.198. The van der Waals surface area contributed by atoms with Crippen LogP contribution in [0, 0.1) is 0 Å². The standard InChI is InChI=1S/C15H20N4/c1-18-9-2-5-15(18)6-10-19(11-15)13-4-8-17-14-12(13)3-7-16-14/h3-4,7-8H,2,5-6,9-11H2,1H3,(H,16,17). The molecule has 2 aliphatic heterocycles. The second-order valence-corrected chi connectivity index (χ2v) is 5.99. The van der Waals surface area contributed by atoms with E-state index in [-0.39, 0.29) is 0 Å². The largest absolute Gasteiger partial charge is 0.369 e. The first-order valence-electron chi connectivity index (χ1n) is 7.17. The number of hydrogen-bond acceptors (Lipinski definition) is 3. The van der Waals surface area contributed by atoms with E-state index in [1.807, 2.05) is 12.4 Å². The van der Waals surface area contributed by atoms with Crippen molar-refractivity contribution in [1.82, 2.24) is 14.9 Å². The van der Waals surface area contributed by atoms with Crippen molar-refractivity contribution < 1.29 is 0 Å². The highest BCUT2D eigenvalue weighted by atomic mass is 15.3. The van der Waals surface area contributed by atoms with Gasteiger partial charge in [-0.05, 0) is 45.0 Å². The fourth-order valence-corrected chi connectivity index (χ4v) is 3.87. The summed E-state index contributed by atoms with van der Waals surface area (Å²) >= 11 is 0. The molecule has 100 valence electrons. The minimum Gasteiger partial charge on any atom is -0.369 e. The summed E-state index contributed by atoms with van der Waals surface area (Å²) in [4.78, 5) is 12.7. The van der Waals surface area contributed by atoms with Gasteiger partial charge >= 0.3 is 0 Å². The number of aromatic amines is 1. The molecule has 2 aliphatic rings. The van der Waals surface area contributed by atoms with Crippen molar-refractivity contribution in [2.45, 2.75) is 24.8 Å². The molecule has 2 aromatic heterocycles. The van der Waals surface area contributed by atoms with Gasteiger partial charge in [-0.25, -0.2) is 4.98 Å². The summed E-state index contributed by atoms with van der Waals surface area (Å²) in [5.41, 5.74) is 2.76. The van der Waals surface area contributed by atoms with Gasteiger partial charge in [0.25, 0.3) is 0 Å². The molecule has 1 N–H and O–H groups in total. The molecule has 0 amide bonds. The highest BCUT2D eigenvalue weighted by Crippen LogP contribution is 2.39. The monoisotopic (exact) mass is 256 g/mol. The number of H-pyrrole nitrogens is 1. The number of nitrogens with zero attached hydrogens (tertiary/aromatic N) is 3. The molecule has 0 saturated carbocycles. The van der Waals surface area contributed by atoms with E-state index < -0.39 is 0 Å². The van der Waals surface area contributed by atoms with Crippen molar-refractivity contribution in [2.24, 2.45) is 0 Å². The Hall–Kier alpha value is -1.55. The van der Waals surface area contributed by atoms with Gasteiger partial charge in [-0.2, -0.15) is 0 Å². The number of aromatic nitrogens is 2. The van der Waals surface area contributed by atoms with E-state index in [0.29, 0.717) is 5.54 Å². The van der Waals surface area contributed by atoms with E-state index in [4.69, 9.17) is 0 Å². The van der Waals surface area contributed by atoms with Crippen LogP contribution in [0.25, 0.3) is 11.0 Å². The van der Waals surface area contributed by atoms with Crippen molar-refractivity contribution in [3.8, 4) is 0 Å². The van der Waals surface area contributed by atoms with Crippen LogP contribution in [0.2, 0.25) is 0 Å². The fourth-order valence-electron chi connectivity index (χ4n) is 3.87. The number of pyridine rings is 1. The van der Waals surface area contributed by atoms with Crippen molar-refractivity contribution in [2.75, 3.05) is 31.6 Å². The first-order chi connectivity index (χ1) is 9.28. The Bertz CT molecular complexity index is 605. The van der Waals surface area contributed by atoms with Crippen LogP contribution in [0.5, 0.6) is 0 Å². The first-order valence-corrected chi connectivity index (χ1v) is 7.17. The Morgan fingerprint density at radius 2 is 2.21 bits per heavy atom. The summed E-state index contributed by atoms with van der Waals surface area (Å²) in [7, 11) is 2.29. The molecule has 4 heterocycles. The average Bonchev–Trinajstić information content (AvgIpc) is 3.12. The van der Waals surface area contributed by atoms with Gasteiger partial charge in [0.15, 0.2) is 0 Å². The molecule has 1 spiro atoms. The van der Waals surface area contributed by atoms with Crippen LogP contribution in [-0.2, 0) is 0 Å². The van der Waals surface area contributed by atoms with E-state index in [1.165, 1.54) is 36.9 Å². The molecule has 1 unspecified atom stereocenters. The highest BCUT2D eigenvalue weighted by molar-refractivity contribution is 5.89. The molecule has 2 aromatic rings. The molecule has 19 heavy (non-hydrogen) atoms. The molecule has 2 fully saturated rings. The third kappa shape index (κ3) is 1.59. The Balaban J connectivity index is 1.69. The quantitative estimate of drug-likeness (QED) is 0.850. The maximum Gasteiger partial charge on any atom is 0.139 e. The van der Waals surface area contributed by atoms with E-state index in [9.17, 15) is 0 Å². The van der Waals surface area contributed by atoms with Gasteiger partial charge in [-0.1, -0.05) is 0 Å². The number of anilines is 1. The predicted molar refractivity (Wildman–Crippen MR) is 77.5 cm³/mol. The summed E-state index contributed by atoms with van der Waals surface area (Å²) in [6, 6.07) is 4.30. The van der Waals surface area contributed by atoms with Crippen LogP contribution in [0.1, 0.15) is 19.3 Å². The molecule has 2 saturated heterocycles. The molecule has 1 atom stereocenters. The molecule has 0 radical (unpaired) electrons. The number of nitrogens with one attached hydrogen (secondary N) is 1. The third-order valence-corrected chi connectivity index (χ3v) is 5.06. The number of fused-ring (bicyclic) bond motifs is 1. The molecular weight excluding hydrogens is 236 g/mol. The second kappa shape index (κ2) is 3.97. The van der Waals surface area contributed by atoms with Gasteiger partial charge in [-0.3, -0.25) is 4.90 Å². The zero-order valence-electron chi connectivity index (χ0n) is 11.4. The van der Waals surface area contributed by atoms with Crippen LogP contribution in [-0.4, -0.2) is 47.1 Å².